The number of nitro groups is 1. The maximum Gasteiger partial charge on any atom is 0.270 e. The number of hydrogen-bond donors (Lipinski definition) is 1. The predicted octanol–water partition coefficient (Wildman–Crippen LogP) is 5.82. The first-order valence-corrected chi connectivity index (χ1v) is 8.97. The summed E-state index contributed by atoms with van der Waals surface area (Å²) in [6.07, 6.45) is 1.39. The third-order valence-electron chi connectivity index (χ3n) is 4.37. The molecule has 0 unspecified atom stereocenters. The second-order valence-corrected chi connectivity index (χ2v) is 6.83. The quantitative estimate of drug-likeness (QED) is 0.261. The van der Waals surface area contributed by atoms with E-state index in [4.69, 9.17) is 16.0 Å². The summed E-state index contributed by atoms with van der Waals surface area (Å²) in [5, 5.41) is 21.5. The van der Waals surface area contributed by atoms with E-state index in [-0.39, 0.29) is 17.0 Å². The van der Waals surface area contributed by atoms with Gasteiger partial charge >= 0.3 is 0 Å². The largest absolute Gasteiger partial charge is 0.507 e. The van der Waals surface area contributed by atoms with Crippen molar-refractivity contribution < 1.29 is 14.4 Å². The fourth-order valence-corrected chi connectivity index (χ4v) is 2.97. The van der Waals surface area contributed by atoms with E-state index in [2.05, 4.69) is 9.98 Å². The van der Waals surface area contributed by atoms with Gasteiger partial charge in [-0.3, -0.25) is 15.1 Å². The molecule has 1 aromatic heterocycles. The number of aliphatic imine (C=N–C) groups is 1. The standard InChI is InChI=1S/C21H14ClN3O4/c1-12-2-3-13(21-24-18-10-15(22)4-7-20(18)29-21)9-17(12)23-11-14-8-16(25(27)28)5-6-19(14)26/h2-11,26H,1H3. The molecule has 144 valence electrons. The Morgan fingerprint density at radius 3 is 2.79 bits per heavy atom. The number of rotatable bonds is 4. The SMILES string of the molecule is Cc1ccc(-c2nc3cc(Cl)ccc3o2)cc1N=Cc1cc([N+](=O)[O-])ccc1O. The highest BCUT2D eigenvalue weighted by Crippen LogP contribution is 2.30. The summed E-state index contributed by atoms with van der Waals surface area (Å²) in [7, 11) is 0. The Kier molecular flexibility index (Phi) is 4.74. The molecule has 0 saturated carbocycles. The molecule has 0 radical (unpaired) electrons. The minimum atomic E-state index is -0.526. The number of aryl methyl sites for hydroxylation is 1. The number of phenolic OH excluding ortho intramolecular Hbond substituents is 1. The van der Waals surface area contributed by atoms with Crippen LogP contribution in [0.3, 0.4) is 0 Å². The Labute approximate surface area is 170 Å². The van der Waals surface area contributed by atoms with Crippen LogP contribution in [0, 0.1) is 17.0 Å². The second-order valence-electron chi connectivity index (χ2n) is 6.39. The van der Waals surface area contributed by atoms with Gasteiger partial charge in [-0.25, -0.2) is 4.98 Å². The Morgan fingerprint density at radius 1 is 1.17 bits per heavy atom. The van der Waals surface area contributed by atoms with Gasteiger partial charge in [0.05, 0.1) is 10.6 Å². The number of aromatic nitrogens is 1. The van der Waals surface area contributed by atoms with Crippen LogP contribution in [-0.2, 0) is 0 Å². The first kappa shape index (κ1) is 18.6. The van der Waals surface area contributed by atoms with Crippen molar-refractivity contribution in [1.82, 2.24) is 4.98 Å². The molecule has 0 aliphatic rings. The van der Waals surface area contributed by atoms with Crippen molar-refractivity contribution in [3.05, 3.63) is 80.9 Å². The zero-order chi connectivity index (χ0) is 20.5. The van der Waals surface area contributed by atoms with Crippen LogP contribution in [0.2, 0.25) is 5.02 Å². The highest BCUT2D eigenvalue weighted by molar-refractivity contribution is 6.31. The Bertz CT molecular complexity index is 1280. The third kappa shape index (κ3) is 3.81. The fraction of sp³-hybridized carbons (Fsp3) is 0.0476. The summed E-state index contributed by atoms with van der Waals surface area (Å²) in [4.78, 5) is 19.3. The number of non-ortho nitro benzene ring substituents is 1. The first-order chi connectivity index (χ1) is 13.9. The number of hydrogen-bond acceptors (Lipinski definition) is 6. The van der Waals surface area contributed by atoms with Gasteiger partial charge in [-0.2, -0.15) is 0 Å². The number of phenols is 1. The van der Waals surface area contributed by atoms with Gasteiger partial charge in [0.2, 0.25) is 5.89 Å². The fourth-order valence-electron chi connectivity index (χ4n) is 2.80. The lowest BCUT2D eigenvalue weighted by molar-refractivity contribution is -0.384. The maximum absolute atomic E-state index is 10.9. The molecule has 0 saturated heterocycles. The van der Waals surface area contributed by atoms with E-state index in [1.165, 1.54) is 24.4 Å². The smallest absolute Gasteiger partial charge is 0.270 e. The number of benzene rings is 3. The molecule has 0 atom stereocenters. The zero-order valence-electron chi connectivity index (χ0n) is 15.2. The average molecular weight is 408 g/mol. The topological polar surface area (TPSA) is 102 Å². The van der Waals surface area contributed by atoms with Gasteiger partial charge < -0.3 is 9.52 Å². The second kappa shape index (κ2) is 7.37. The van der Waals surface area contributed by atoms with Crippen LogP contribution < -0.4 is 0 Å². The predicted molar refractivity (Wildman–Crippen MR) is 111 cm³/mol. The van der Waals surface area contributed by atoms with Gasteiger partial charge in [0.15, 0.2) is 5.58 Å². The maximum atomic E-state index is 10.9. The molecule has 0 spiro atoms. The lowest BCUT2D eigenvalue weighted by Crippen LogP contribution is -1.90. The highest BCUT2D eigenvalue weighted by atomic mass is 35.5. The molecule has 3 aromatic carbocycles. The van der Waals surface area contributed by atoms with Crippen LogP contribution in [0.25, 0.3) is 22.6 Å². The molecule has 1 N–H and O–H groups in total. The van der Waals surface area contributed by atoms with E-state index in [0.717, 1.165) is 11.1 Å². The molecule has 0 fully saturated rings. The lowest BCUT2D eigenvalue weighted by Gasteiger charge is -2.03. The summed E-state index contributed by atoms with van der Waals surface area (Å²) < 4.78 is 5.79. The van der Waals surface area contributed by atoms with Crippen molar-refractivity contribution in [3.63, 3.8) is 0 Å². The van der Waals surface area contributed by atoms with Crippen LogP contribution in [-0.4, -0.2) is 21.2 Å². The number of halogens is 1. The van der Waals surface area contributed by atoms with E-state index in [1.54, 1.807) is 24.3 Å². The molecule has 0 aliphatic heterocycles. The van der Waals surface area contributed by atoms with Crippen LogP contribution in [0.4, 0.5) is 11.4 Å². The van der Waals surface area contributed by atoms with E-state index >= 15 is 0 Å². The number of nitrogens with zero attached hydrogens (tertiary/aromatic N) is 3. The lowest BCUT2D eigenvalue weighted by atomic mass is 10.1. The Hall–Kier alpha value is -3.71. The van der Waals surface area contributed by atoms with Crippen LogP contribution in [0.1, 0.15) is 11.1 Å². The molecule has 7 nitrogen and oxygen atoms in total. The Morgan fingerprint density at radius 2 is 2.00 bits per heavy atom. The molecular weight excluding hydrogens is 394 g/mol. The molecule has 0 bridgehead atoms. The van der Waals surface area contributed by atoms with Crippen molar-refractivity contribution in [1.29, 1.82) is 0 Å². The number of oxazole rings is 1. The van der Waals surface area contributed by atoms with Crippen molar-refractivity contribution in [3.8, 4) is 17.2 Å². The van der Waals surface area contributed by atoms with Gasteiger partial charge in [0.1, 0.15) is 11.3 Å². The minimum Gasteiger partial charge on any atom is -0.507 e. The molecule has 1 heterocycles. The highest BCUT2D eigenvalue weighted by Gasteiger charge is 2.11. The van der Waals surface area contributed by atoms with Gasteiger partial charge in [0, 0.05) is 34.5 Å². The molecule has 29 heavy (non-hydrogen) atoms. The monoisotopic (exact) mass is 407 g/mol. The van der Waals surface area contributed by atoms with Crippen molar-refractivity contribution in [2.45, 2.75) is 6.92 Å². The molecule has 4 rings (SSSR count). The average Bonchev–Trinajstić information content (AvgIpc) is 3.11. The van der Waals surface area contributed by atoms with Crippen LogP contribution in [0.15, 0.2) is 64.0 Å². The van der Waals surface area contributed by atoms with Crippen molar-refractivity contribution in [2.75, 3.05) is 0 Å². The molecule has 8 heteroatoms. The normalized spacial score (nSPS) is 11.4. The van der Waals surface area contributed by atoms with E-state index in [9.17, 15) is 15.2 Å². The van der Waals surface area contributed by atoms with Gasteiger partial charge in [-0.1, -0.05) is 17.7 Å². The third-order valence-corrected chi connectivity index (χ3v) is 4.61. The van der Waals surface area contributed by atoms with Gasteiger partial charge in [-0.05, 0) is 48.9 Å². The summed E-state index contributed by atoms with van der Waals surface area (Å²) in [6, 6.07) is 14.5. The van der Waals surface area contributed by atoms with Crippen molar-refractivity contribution in [2.24, 2.45) is 4.99 Å². The van der Waals surface area contributed by atoms with E-state index in [1.807, 2.05) is 19.1 Å². The summed E-state index contributed by atoms with van der Waals surface area (Å²) in [5.41, 5.74) is 3.62. The van der Waals surface area contributed by atoms with Gasteiger partial charge in [0.25, 0.3) is 5.69 Å². The number of nitro benzene ring substituents is 1. The summed E-state index contributed by atoms with van der Waals surface area (Å²) >= 11 is 6.00. The Balaban J connectivity index is 1.71. The number of fused-ring (bicyclic) bond motifs is 1. The number of aromatic hydroxyl groups is 1. The summed E-state index contributed by atoms with van der Waals surface area (Å²) in [6.45, 7) is 1.88. The van der Waals surface area contributed by atoms with Crippen molar-refractivity contribution >= 4 is 40.3 Å². The van der Waals surface area contributed by atoms with Crippen LogP contribution >= 0.6 is 11.6 Å². The van der Waals surface area contributed by atoms with E-state index in [0.29, 0.717) is 27.7 Å². The van der Waals surface area contributed by atoms with Gasteiger partial charge in [-0.15, -0.1) is 0 Å². The minimum absolute atomic E-state index is 0.0935. The van der Waals surface area contributed by atoms with Crippen LogP contribution in [0.5, 0.6) is 5.75 Å². The molecule has 0 aliphatic carbocycles. The molecule has 4 aromatic rings. The first-order valence-electron chi connectivity index (χ1n) is 8.59. The summed E-state index contributed by atoms with van der Waals surface area (Å²) in [5.74, 6) is 0.334. The molecular formula is C21H14ClN3O4. The molecule has 0 amide bonds. The zero-order valence-corrected chi connectivity index (χ0v) is 15.9. The van der Waals surface area contributed by atoms with E-state index < -0.39 is 4.92 Å².